The highest BCUT2D eigenvalue weighted by molar-refractivity contribution is 5.57. The fraction of sp³-hybridized carbons (Fsp3) is 0.933. The lowest BCUT2D eigenvalue weighted by Crippen LogP contribution is -2.16. The molecule has 0 aromatic heterocycles. The number of hydrogen-bond donors (Lipinski definition) is 1. The van der Waals surface area contributed by atoms with E-state index >= 15 is 0 Å². The Kier molecular flexibility index (Phi) is 14.0. The maximum Gasteiger partial charge on any atom is 0.572 e. The SMILES string of the molecule is CCCCCCCCCCC(CCC)OOC(=O)OO. The quantitative estimate of drug-likeness (QED) is 0.285. The Balaban J connectivity index is 3.52. The van der Waals surface area contributed by atoms with Crippen molar-refractivity contribution in [3.8, 4) is 0 Å². The maximum atomic E-state index is 10.6. The smallest absolute Gasteiger partial charge is 0.260 e. The molecule has 0 saturated carbocycles. The Morgan fingerprint density at radius 1 is 0.900 bits per heavy atom. The third-order valence-corrected chi connectivity index (χ3v) is 3.32. The van der Waals surface area contributed by atoms with Crippen LogP contribution in [0.2, 0.25) is 0 Å². The van der Waals surface area contributed by atoms with Crippen LogP contribution in [0.4, 0.5) is 4.79 Å². The first-order valence-electron chi connectivity index (χ1n) is 7.93. The lowest BCUT2D eigenvalue weighted by atomic mass is 10.0. The minimum absolute atomic E-state index is 0.112. The fourth-order valence-corrected chi connectivity index (χ4v) is 2.19. The second-order valence-corrected chi connectivity index (χ2v) is 5.20. The number of unbranched alkanes of at least 4 members (excludes halogenated alkanes) is 7. The molecule has 0 saturated heterocycles. The number of carbonyl (C=O) groups is 1. The standard InChI is InChI=1S/C15H30O5/c1-3-5-6-7-8-9-10-11-13-14(12-4-2)19-20-15(16)18-17/h14,17H,3-13H2,1-2H3. The summed E-state index contributed by atoms with van der Waals surface area (Å²) in [5.74, 6) is 0. The van der Waals surface area contributed by atoms with E-state index in [2.05, 4.69) is 23.6 Å². The molecule has 1 unspecified atom stereocenters. The van der Waals surface area contributed by atoms with Crippen molar-refractivity contribution in [2.75, 3.05) is 0 Å². The van der Waals surface area contributed by atoms with E-state index in [1.165, 1.54) is 44.9 Å². The van der Waals surface area contributed by atoms with Crippen molar-refractivity contribution in [3.63, 3.8) is 0 Å². The first-order valence-corrected chi connectivity index (χ1v) is 7.93. The molecule has 120 valence electrons. The summed E-state index contributed by atoms with van der Waals surface area (Å²) in [5, 5.41) is 8.06. The van der Waals surface area contributed by atoms with Crippen LogP contribution >= 0.6 is 0 Å². The molecule has 0 bridgehead atoms. The van der Waals surface area contributed by atoms with Crippen LogP contribution in [0.1, 0.15) is 84.5 Å². The Morgan fingerprint density at radius 3 is 2.05 bits per heavy atom. The molecule has 0 amide bonds. The van der Waals surface area contributed by atoms with Crippen LogP contribution in [0.3, 0.4) is 0 Å². The molecule has 0 rings (SSSR count). The molecule has 0 fully saturated rings. The van der Waals surface area contributed by atoms with Gasteiger partial charge in [0.1, 0.15) is 6.10 Å². The molecule has 0 aromatic rings. The molecule has 1 atom stereocenters. The molecular formula is C15H30O5. The fourth-order valence-electron chi connectivity index (χ4n) is 2.19. The van der Waals surface area contributed by atoms with Crippen LogP contribution in [0.25, 0.3) is 0 Å². The zero-order valence-electron chi connectivity index (χ0n) is 12.9. The summed E-state index contributed by atoms with van der Waals surface area (Å²) in [6, 6.07) is 0. The minimum atomic E-state index is -1.22. The average Bonchev–Trinajstić information content (AvgIpc) is 2.46. The van der Waals surface area contributed by atoms with E-state index in [4.69, 9.17) is 10.1 Å². The normalized spacial score (nSPS) is 12.2. The van der Waals surface area contributed by atoms with E-state index in [1.54, 1.807) is 0 Å². The van der Waals surface area contributed by atoms with Crippen molar-refractivity contribution in [3.05, 3.63) is 0 Å². The van der Waals surface area contributed by atoms with Gasteiger partial charge in [-0.1, -0.05) is 71.6 Å². The van der Waals surface area contributed by atoms with E-state index in [0.29, 0.717) is 0 Å². The number of carbonyl (C=O) groups excluding carboxylic acids is 1. The van der Waals surface area contributed by atoms with Crippen LogP contribution in [-0.4, -0.2) is 17.5 Å². The predicted octanol–water partition coefficient (Wildman–Crippen LogP) is 5.24. The molecule has 20 heavy (non-hydrogen) atoms. The summed E-state index contributed by atoms with van der Waals surface area (Å²) in [6.45, 7) is 4.27. The highest BCUT2D eigenvalue weighted by atomic mass is 17.3. The summed E-state index contributed by atoms with van der Waals surface area (Å²) in [6.07, 6.45) is 11.4. The number of hydrogen-bond acceptors (Lipinski definition) is 5. The van der Waals surface area contributed by atoms with Crippen molar-refractivity contribution in [1.82, 2.24) is 0 Å². The van der Waals surface area contributed by atoms with E-state index in [0.717, 1.165) is 25.7 Å². The summed E-state index contributed by atoms with van der Waals surface area (Å²) < 4.78 is 0. The zero-order chi connectivity index (χ0) is 15.1. The van der Waals surface area contributed by atoms with Crippen molar-refractivity contribution in [2.45, 2.75) is 90.6 Å². The second-order valence-electron chi connectivity index (χ2n) is 5.20. The van der Waals surface area contributed by atoms with Gasteiger partial charge in [0.05, 0.1) is 0 Å². The molecule has 0 radical (unpaired) electrons. The van der Waals surface area contributed by atoms with Crippen LogP contribution in [0.5, 0.6) is 0 Å². The molecule has 0 aliphatic rings. The van der Waals surface area contributed by atoms with Crippen molar-refractivity contribution in [2.24, 2.45) is 0 Å². The monoisotopic (exact) mass is 290 g/mol. The van der Waals surface area contributed by atoms with Gasteiger partial charge in [-0.25, -0.2) is 0 Å². The summed E-state index contributed by atoms with van der Waals surface area (Å²) >= 11 is 0. The van der Waals surface area contributed by atoms with Gasteiger partial charge in [-0.05, 0) is 12.8 Å². The van der Waals surface area contributed by atoms with Gasteiger partial charge in [-0.2, -0.15) is 14.9 Å². The van der Waals surface area contributed by atoms with Gasteiger partial charge in [0.2, 0.25) is 0 Å². The van der Waals surface area contributed by atoms with Gasteiger partial charge in [-0.3, -0.25) is 9.78 Å². The third-order valence-electron chi connectivity index (χ3n) is 3.32. The molecule has 0 heterocycles. The summed E-state index contributed by atoms with van der Waals surface area (Å²) in [5.41, 5.74) is 0. The molecule has 1 N–H and O–H groups in total. The third kappa shape index (κ3) is 12.2. The van der Waals surface area contributed by atoms with E-state index in [-0.39, 0.29) is 6.10 Å². The van der Waals surface area contributed by atoms with Crippen LogP contribution in [0.15, 0.2) is 0 Å². The molecule has 0 spiro atoms. The van der Waals surface area contributed by atoms with Crippen LogP contribution < -0.4 is 0 Å². The van der Waals surface area contributed by atoms with Crippen LogP contribution in [-0.2, 0) is 14.7 Å². The maximum absolute atomic E-state index is 10.6. The lowest BCUT2D eigenvalue weighted by Gasteiger charge is -2.14. The lowest BCUT2D eigenvalue weighted by molar-refractivity contribution is -0.321. The zero-order valence-corrected chi connectivity index (χ0v) is 12.9. The average molecular weight is 290 g/mol. The first kappa shape index (κ1) is 19.2. The Labute approximate surface area is 122 Å². The highest BCUT2D eigenvalue weighted by Gasteiger charge is 2.13. The van der Waals surface area contributed by atoms with Crippen molar-refractivity contribution in [1.29, 1.82) is 0 Å². The molecule has 5 nitrogen and oxygen atoms in total. The molecule has 0 aromatic carbocycles. The molecule has 0 aliphatic carbocycles. The summed E-state index contributed by atoms with van der Waals surface area (Å²) in [7, 11) is 0. The molecule has 5 heteroatoms. The number of rotatable bonds is 13. The van der Waals surface area contributed by atoms with Crippen LogP contribution in [0, 0.1) is 0 Å². The first-order chi connectivity index (χ1) is 9.74. The summed E-state index contributed by atoms with van der Waals surface area (Å²) in [4.78, 5) is 23.3. The van der Waals surface area contributed by atoms with Gasteiger partial charge in [-0.15, -0.1) is 0 Å². The van der Waals surface area contributed by atoms with E-state index < -0.39 is 6.16 Å². The highest BCUT2D eigenvalue weighted by Crippen LogP contribution is 2.15. The topological polar surface area (TPSA) is 65.0 Å². The van der Waals surface area contributed by atoms with Crippen molar-refractivity contribution >= 4 is 6.16 Å². The molecular weight excluding hydrogens is 260 g/mol. The van der Waals surface area contributed by atoms with Gasteiger partial charge in [0.25, 0.3) is 0 Å². The van der Waals surface area contributed by atoms with E-state index in [9.17, 15) is 4.79 Å². The molecule has 0 aliphatic heterocycles. The van der Waals surface area contributed by atoms with E-state index in [1.807, 2.05) is 0 Å². The van der Waals surface area contributed by atoms with Gasteiger partial charge in [0, 0.05) is 0 Å². The minimum Gasteiger partial charge on any atom is -0.260 e. The predicted molar refractivity (Wildman–Crippen MR) is 77.2 cm³/mol. The Bertz CT molecular complexity index is 220. The van der Waals surface area contributed by atoms with Crippen molar-refractivity contribution < 1.29 is 24.7 Å². The largest absolute Gasteiger partial charge is 0.572 e. The van der Waals surface area contributed by atoms with Gasteiger partial charge in [0.15, 0.2) is 0 Å². The Morgan fingerprint density at radius 2 is 1.50 bits per heavy atom. The van der Waals surface area contributed by atoms with Gasteiger partial charge < -0.3 is 0 Å². The van der Waals surface area contributed by atoms with Gasteiger partial charge >= 0.3 is 6.16 Å². The second kappa shape index (κ2) is 14.6. The Hall–Kier alpha value is -0.810.